The number of hydrogen-bond acceptors (Lipinski definition) is 2. The first-order valence-electron chi connectivity index (χ1n) is 3.83. The van der Waals surface area contributed by atoms with E-state index in [2.05, 4.69) is 4.74 Å². The lowest BCUT2D eigenvalue weighted by molar-refractivity contribution is -0.145. The third-order valence-electron chi connectivity index (χ3n) is 1.70. The molecule has 0 bridgehead atoms. The highest BCUT2D eigenvalue weighted by atomic mass is 19.2. The molecule has 0 spiro atoms. The molecule has 0 heterocycles. The molecule has 0 saturated heterocycles. The molecule has 0 saturated carbocycles. The molecule has 1 aliphatic carbocycles. The Hall–Kier alpha value is -1.00. The van der Waals surface area contributed by atoms with Crippen molar-refractivity contribution >= 4 is 5.97 Å². The van der Waals surface area contributed by atoms with Gasteiger partial charge in [0.2, 0.25) is 0 Å². The summed E-state index contributed by atoms with van der Waals surface area (Å²) < 4.78 is 42.3. The first-order valence-corrected chi connectivity index (χ1v) is 3.83. The van der Waals surface area contributed by atoms with E-state index in [0.29, 0.717) is 0 Å². The van der Waals surface area contributed by atoms with E-state index in [4.69, 9.17) is 0 Å². The van der Waals surface area contributed by atoms with Crippen molar-refractivity contribution in [2.45, 2.75) is 31.8 Å². The molecule has 0 amide bonds. The molecule has 3 unspecified atom stereocenters. The Morgan fingerprint density at radius 3 is 2.69 bits per heavy atom. The van der Waals surface area contributed by atoms with E-state index in [1.807, 2.05) is 0 Å². The number of alkyl halides is 2. The quantitative estimate of drug-likeness (QED) is 0.595. The van der Waals surface area contributed by atoms with Gasteiger partial charge in [-0.1, -0.05) is 0 Å². The minimum absolute atomic E-state index is 0.325. The fraction of sp³-hybridized carbons (Fsp3) is 0.625. The lowest BCUT2D eigenvalue weighted by atomic mass is 10.0. The van der Waals surface area contributed by atoms with Crippen molar-refractivity contribution in [2.24, 2.45) is 0 Å². The van der Waals surface area contributed by atoms with Gasteiger partial charge in [0.25, 0.3) is 0 Å². The van der Waals surface area contributed by atoms with Crippen LogP contribution in [0.25, 0.3) is 0 Å². The van der Waals surface area contributed by atoms with E-state index in [1.54, 1.807) is 0 Å². The first-order chi connectivity index (χ1) is 6.00. The van der Waals surface area contributed by atoms with Crippen LogP contribution in [0.3, 0.4) is 0 Å². The van der Waals surface area contributed by atoms with Gasteiger partial charge in [-0.2, -0.15) is 0 Å². The van der Waals surface area contributed by atoms with E-state index < -0.39 is 30.2 Å². The molecule has 13 heavy (non-hydrogen) atoms. The Morgan fingerprint density at radius 2 is 2.23 bits per heavy atom. The van der Waals surface area contributed by atoms with E-state index in [9.17, 15) is 18.0 Å². The number of carbonyl (C=O) groups is 1. The zero-order valence-corrected chi connectivity index (χ0v) is 6.97. The maximum atomic E-state index is 12.7. The summed E-state index contributed by atoms with van der Waals surface area (Å²) in [5, 5.41) is 0. The number of rotatable bonds is 1. The molecule has 5 heteroatoms. The molecular formula is C8H9F3O2. The van der Waals surface area contributed by atoms with Gasteiger partial charge in [0.1, 0.15) is 18.1 Å². The van der Waals surface area contributed by atoms with Crippen LogP contribution in [-0.2, 0) is 9.53 Å². The minimum atomic E-state index is -2.22. The second-order valence-corrected chi connectivity index (χ2v) is 2.85. The molecular weight excluding hydrogens is 185 g/mol. The Balaban J connectivity index is 2.65. The summed E-state index contributed by atoms with van der Waals surface area (Å²) in [6.07, 6.45) is -4.67. The zero-order valence-electron chi connectivity index (χ0n) is 6.97. The summed E-state index contributed by atoms with van der Waals surface area (Å²) in [5.74, 6) is -1.84. The molecule has 0 aliphatic heterocycles. The van der Waals surface area contributed by atoms with Gasteiger partial charge < -0.3 is 4.74 Å². The summed E-state index contributed by atoms with van der Waals surface area (Å²) in [7, 11) is 0. The first kappa shape index (κ1) is 10.1. The van der Waals surface area contributed by atoms with Gasteiger partial charge >= 0.3 is 5.97 Å². The Morgan fingerprint density at radius 1 is 1.62 bits per heavy atom. The third-order valence-corrected chi connectivity index (χ3v) is 1.70. The van der Waals surface area contributed by atoms with Gasteiger partial charge in [0.15, 0.2) is 6.17 Å². The van der Waals surface area contributed by atoms with Crippen LogP contribution in [0.2, 0.25) is 0 Å². The number of carbonyl (C=O) groups excluding carboxylic acids is 1. The SMILES string of the molecule is CC(=O)OC1C=C(F)C(F)C(F)C1. The van der Waals surface area contributed by atoms with Crippen molar-refractivity contribution in [1.29, 1.82) is 0 Å². The summed E-state index contributed by atoms with van der Waals surface area (Å²) in [4.78, 5) is 10.4. The Kier molecular flexibility index (Phi) is 2.95. The average molecular weight is 194 g/mol. The van der Waals surface area contributed by atoms with Gasteiger partial charge in [0, 0.05) is 13.3 Å². The van der Waals surface area contributed by atoms with E-state index in [-0.39, 0.29) is 6.42 Å². The van der Waals surface area contributed by atoms with Crippen LogP contribution in [0.1, 0.15) is 13.3 Å². The van der Waals surface area contributed by atoms with Gasteiger partial charge in [-0.25, -0.2) is 13.2 Å². The van der Waals surface area contributed by atoms with Crippen LogP contribution in [0, 0.1) is 0 Å². The lowest BCUT2D eigenvalue weighted by Gasteiger charge is -2.22. The summed E-state index contributed by atoms with van der Waals surface area (Å²) in [6.45, 7) is 1.13. The van der Waals surface area contributed by atoms with Crippen molar-refractivity contribution in [3.63, 3.8) is 0 Å². The molecule has 0 fully saturated rings. The van der Waals surface area contributed by atoms with E-state index in [0.717, 1.165) is 13.0 Å². The monoisotopic (exact) mass is 194 g/mol. The molecule has 2 nitrogen and oxygen atoms in total. The number of halogens is 3. The average Bonchev–Trinajstić information content (AvgIpc) is 1.98. The molecule has 0 radical (unpaired) electrons. The highest BCUT2D eigenvalue weighted by Crippen LogP contribution is 2.27. The lowest BCUT2D eigenvalue weighted by Crippen LogP contribution is -2.31. The predicted octanol–water partition coefficient (Wildman–Crippen LogP) is 1.85. The minimum Gasteiger partial charge on any atom is -0.458 e. The summed E-state index contributed by atoms with van der Waals surface area (Å²) in [5.41, 5.74) is 0. The van der Waals surface area contributed by atoms with Gasteiger partial charge in [-0.3, -0.25) is 4.79 Å². The van der Waals surface area contributed by atoms with Gasteiger partial charge in [-0.15, -0.1) is 0 Å². The highest BCUT2D eigenvalue weighted by molar-refractivity contribution is 5.66. The van der Waals surface area contributed by atoms with Gasteiger partial charge in [0.05, 0.1) is 0 Å². The standard InChI is InChI=1S/C8H9F3O2/c1-4(12)13-5-2-6(9)8(11)7(10)3-5/h2,5,7-8H,3H2,1H3. The maximum Gasteiger partial charge on any atom is 0.303 e. The molecule has 0 aromatic rings. The predicted molar refractivity (Wildman–Crippen MR) is 39.2 cm³/mol. The van der Waals surface area contributed by atoms with E-state index in [1.165, 1.54) is 0 Å². The van der Waals surface area contributed by atoms with Crippen LogP contribution < -0.4 is 0 Å². The molecule has 3 atom stereocenters. The summed E-state index contributed by atoms with van der Waals surface area (Å²) >= 11 is 0. The Labute approximate surface area is 73.4 Å². The van der Waals surface area contributed by atoms with Crippen molar-refractivity contribution in [2.75, 3.05) is 0 Å². The second kappa shape index (κ2) is 3.81. The van der Waals surface area contributed by atoms with Crippen molar-refractivity contribution in [3.05, 3.63) is 11.9 Å². The fourth-order valence-electron chi connectivity index (χ4n) is 1.15. The third kappa shape index (κ3) is 2.47. The van der Waals surface area contributed by atoms with Crippen LogP contribution in [0.4, 0.5) is 13.2 Å². The van der Waals surface area contributed by atoms with Crippen LogP contribution in [0.5, 0.6) is 0 Å². The smallest absolute Gasteiger partial charge is 0.303 e. The van der Waals surface area contributed by atoms with E-state index >= 15 is 0 Å². The second-order valence-electron chi connectivity index (χ2n) is 2.85. The van der Waals surface area contributed by atoms with Crippen molar-refractivity contribution in [3.8, 4) is 0 Å². The van der Waals surface area contributed by atoms with Crippen LogP contribution >= 0.6 is 0 Å². The normalized spacial score (nSPS) is 33.8. The van der Waals surface area contributed by atoms with Crippen LogP contribution in [0.15, 0.2) is 11.9 Å². The molecule has 1 aliphatic rings. The Bertz CT molecular complexity index is 240. The summed E-state index contributed by atoms with van der Waals surface area (Å²) in [6, 6.07) is 0. The number of esters is 1. The molecule has 74 valence electrons. The maximum absolute atomic E-state index is 12.7. The zero-order chi connectivity index (χ0) is 10.0. The van der Waals surface area contributed by atoms with Crippen molar-refractivity contribution in [1.82, 2.24) is 0 Å². The molecule has 0 N–H and O–H groups in total. The van der Waals surface area contributed by atoms with Crippen molar-refractivity contribution < 1.29 is 22.7 Å². The van der Waals surface area contributed by atoms with Gasteiger partial charge in [-0.05, 0) is 6.08 Å². The fourth-order valence-corrected chi connectivity index (χ4v) is 1.15. The number of hydrogen-bond donors (Lipinski definition) is 0. The van der Waals surface area contributed by atoms with Crippen LogP contribution in [-0.4, -0.2) is 24.4 Å². The molecule has 0 aromatic heterocycles. The largest absolute Gasteiger partial charge is 0.458 e. The topological polar surface area (TPSA) is 26.3 Å². The number of allylic oxidation sites excluding steroid dienone is 1. The molecule has 1 rings (SSSR count). The number of ether oxygens (including phenoxy) is 1. The molecule has 0 aromatic carbocycles. The highest BCUT2D eigenvalue weighted by Gasteiger charge is 2.33.